The van der Waals surface area contributed by atoms with Gasteiger partial charge in [-0.1, -0.05) is 25.7 Å². The first-order valence-electron chi connectivity index (χ1n) is 6.88. The van der Waals surface area contributed by atoms with Crippen molar-refractivity contribution in [2.45, 2.75) is 50.2 Å². The number of nitrogens with zero attached hydrogens (tertiary/aromatic N) is 1. The van der Waals surface area contributed by atoms with Crippen LogP contribution in [0.25, 0.3) is 0 Å². The van der Waals surface area contributed by atoms with Crippen LogP contribution >= 0.6 is 0 Å². The summed E-state index contributed by atoms with van der Waals surface area (Å²) in [5, 5.41) is 12.3. The Kier molecular flexibility index (Phi) is 4.39. The number of rotatable bonds is 3. The van der Waals surface area contributed by atoms with Crippen LogP contribution in [0.4, 0.5) is 19.0 Å². The Labute approximate surface area is 120 Å². The number of halogens is 3. The number of carbonyl (C=O) groups is 1. The van der Waals surface area contributed by atoms with Crippen LogP contribution in [-0.4, -0.2) is 21.6 Å². The van der Waals surface area contributed by atoms with Crippen molar-refractivity contribution in [1.82, 2.24) is 4.98 Å². The van der Waals surface area contributed by atoms with Crippen molar-refractivity contribution in [1.29, 1.82) is 0 Å². The molecular weight excluding hydrogens is 285 g/mol. The molecule has 1 aromatic heterocycles. The molecule has 4 nitrogen and oxygen atoms in total. The van der Waals surface area contributed by atoms with Crippen LogP contribution in [0.1, 0.15) is 44.1 Å². The fourth-order valence-electron chi connectivity index (χ4n) is 2.61. The lowest BCUT2D eigenvalue weighted by atomic mass is 9.90. The molecular formula is C14H17F3N2O2. The molecule has 1 aliphatic carbocycles. The Morgan fingerprint density at radius 3 is 2.24 bits per heavy atom. The van der Waals surface area contributed by atoms with Crippen molar-refractivity contribution < 1.29 is 23.1 Å². The zero-order valence-corrected chi connectivity index (χ0v) is 11.4. The predicted molar refractivity (Wildman–Crippen MR) is 70.9 cm³/mol. The van der Waals surface area contributed by atoms with Crippen LogP contribution in [0.15, 0.2) is 18.3 Å². The SMILES string of the molecule is O=C(O)C1(Nc2ccc(C(F)(F)F)cn2)CCCCCC1. The standard InChI is InChI=1S/C14H17F3N2O2/c15-14(16,17)10-5-6-11(18-9-10)19-13(12(20)21)7-3-1-2-4-8-13/h5-6,9H,1-4,7-8H2,(H,18,19)(H,20,21). The van der Waals surface area contributed by atoms with Gasteiger partial charge in [-0.05, 0) is 25.0 Å². The molecule has 0 spiro atoms. The first kappa shape index (κ1) is 15.6. The molecule has 21 heavy (non-hydrogen) atoms. The number of carboxylic acid groups (broad SMARTS) is 1. The van der Waals surface area contributed by atoms with E-state index in [1.165, 1.54) is 6.07 Å². The van der Waals surface area contributed by atoms with E-state index in [2.05, 4.69) is 10.3 Å². The average molecular weight is 302 g/mol. The van der Waals surface area contributed by atoms with Crippen LogP contribution < -0.4 is 5.32 Å². The van der Waals surface area contributed by atoms with Gasteiger partial charge in [0.05, 0.1) is 5.56 Å². The molecule has 1 aromatic rings. The van der Waals surface area contributed by atoms with Crippen LogP contribution in [0, 0.1) is 0 Å². The van der Waals surface area contributed by atoms with Crippen molar-refractivity contribution in [2.24, 2.45) is 0 Å². The molecule has 0 aliphatic heterocycles. The highest BCUT2D eigenvalue weighted by Crippen LogP contribution is 2.32. The van der Waals surface area contributed by atoms with Crippen LogP contribution in [0.5, 0.6) is 0 Å². The van der Waals surface area contributed by atoms with Gasteiger partial charge in [-0.25, -0.2) is 9.78 Å². The monoisotopic (exact) mass is 302 g/mol. The Bertz CT molecular complexity index is 492. The lowest BCUT2D eigenvalue weighted by molar-refractivity contribution is -0.143. The molecule has 2 N–H and O–H groups in total. The second-order valence-corrected chi connectivity index (χ2v) is 5.36. The molecule has 1 saturated carbocycles. The summed E-state index contributed by atoms with van der Waals surface area (Å²) < 4.78 is 37.4. The maximum absolute atomic E-state index is 12.5. The summed E-state index contributed by atoms with van der Waals surface area (Å²) in [6.45, 7) is 0. The summed E-state index contributed by atoms with van der Waals surface area (Å²) in [6.07, 6.45) is 0.664. The Morgan fingerprint density at radius 2 is 1.81 bits per heavy atom. The van der Waals surface area contributed by atoms with E-state index >= 15 is 0 Å². The van der Waals surface area contributed by atoms with Gasteiger partial charge >= 0.3 is 12.1 Å². The molecule has 0 saturated heterocycles. The fraction of sp³-hybridized carbons (Fsp3) is 0.571. The average Bonchev–Trinajstić information content (AvgIpc) is 2.65. The van der Waals surface area contributed by atoms with Crippen LogP contribution in [-0.2, 0) is 11.0 Å². The van der Waals surface area contributed by atoms with Crippen LogP contribution in [0.3, 0.4) is 0 Å². The second kappa shape index (κ2) is 5.91. The number of carboxylic acids is 1. The number of aromatic nitrogens is 1. The van der Waals surface area contributed by atoms with Crippen molar-refractivity contribution in [3.8, 4) is 0 Å². The van der Waals surface area contributed by atoms with E-state index in [1.807, 2.05) is 0 Å². The van der Waals surface area contributed by atoms with E-state index < -0.39 is 23.2 Å². The summed E-state index contributed by atoms with van der Waals surface area (Å²) >= 11 is 0. The number of hydrogen-bond donors (Lipinski definition) is 2. The quantitative estimate of drug-likeness (QED) is 0.836. The summed E-state index contributed by atoms with van der Waals surface area (Å²) in [5.74, 6) is -0.821. The molecule has 0 unspecified atom stereocenters. The lowest BCUT2D eigenvalue weighted by Gasteiger charge is -2.29. The molecule has 7 heteroatoms. The molecule has 0 atom stereocenters. The van der Waals surface area contributed by atoms with E-state index in [1.54, 1.807) is 0 Å². The number of nitrogens with one attached hydrogen (secondary N) is 1. The highest BCUT2D eigenvalue weighted by atomic mass is 19.4. The van der Waals surface area contributed by atoms with E-state index in [0.717, 1.165) is 31.7 Å². The van der Waals surface area contributed by atoms with Gasteiger partial charge in [-0.15, -0.1) is 0 Å². The summed E-state index contributed by atoms with van der Waals surface area (Å²) in [5.41, 5.74) is -1.98. The topological polar surface area (TPSA) is 62.2 Å². The van der Waals surface area contributed by atoms with Gasteiger partial charge in [0.25, 0.3) is 0 Å². The summed E-state index contributed by atoms with van der Waals surface area (Å²) in [6, 6.07) is 2.08. The smallest absolute Gasteiger partial charge is 0.417 e. The third-order valence-corrected chi connectivity index (χ3v) is 3.82. The Balaban J connectivity index is 2.19. The minimum atomic E-state index is -4.45. The van der Waals surface area contributed by atoms with Gasteiger partial charge in [0.2, 0.25) is 0 Å². The van der Waals surface area contributed by atoms with Gasteiger partial charge in [0.15, 0.2) is 0 Å². The van der Waals surface area contributed by atoms with Gasteiger partial charge in [-0.3, -0.25) is 0 Å². The lowest BCUT2D eigenvalue weighted by Crippen LogP contribution is -2.46. The molecule has 0 radical (unpaired) electrons. The van der Waals surface area contributed by atoms with Crippen molar-refractivity contribution in [2.75, 3.05) is 5.32 Å². The summed E-state index contributed by atoms with van der Waals surface area (Å²) in [7, 11) is 0. The van der Waals surface area contributed by atoms with Crippen molar-refractivity contribution in [3.63, 3.8) is 0 Å². The van der Waals surface area contributed by atoms with Crippen molar-refractivity contribution >= 4 is 11.8 Å². The highest BCUT2D eigenvalue weighted by Gasteiger charge is 2.39. The van der Waals surface area contributed by atoms with Crippen molar-refractivity contribution in [3.05, 3.63) is 23.9 Å². The zero-order valence-electron chi connectivity index (χ0n) is 11.4. The molecule has 116 valence electrons. The van der Waals surface area contributed by atoms with Gasteiger partial charge < -0.3 is 10.4 Å². The second-order valence-electron chi connectivity index (χ2n) is 5.36. The minimum absolute atomic E-state index is 0.160. The fourth-order valence-corrected chi connectivity index (χ4v) is 2.61. The van der Waals surface area contributed by atoms with Gasteiger partial charge in [0, 0.05) is 6.20 Å². The summed E-state index contributed by atoms with van der Waals surface area (Å²) in [4.78, 5) is 15.3. The minimum Gasteiger partial charge on any atom is -0.480 e. The molecule has 1 heterocycles. The molecule has 1 aliphatic rings. The predicted octanol–water partition coefficient (Wildman–Crippen LogP) is 3.69. The normalized spacial score (nSPS) is 18.8. The largest absolute Gasteiger partial charge is 0.480 e. The molecule has 2 rings (SSSR count). The number of alkyl halides is 3. The number of pyridine rings is 1. The third kappa shape index (κ3) is 3.65. The third-order valence-electron chi connectivity index (χ3n) is 3.82. The van der Waals surface area contributed by atoms with E-state index in [4.69, 9.17) is 0 Å². The number of anilines is 1. The maximum Gasteiger partial charge on any atom is 0.417 e. The molecule has 0 aromatic carbocycles. The van der Waals surface area contributed by atoms with E-state index in [-0.39, 0.29) is 5.82 Å². The maximum atomic E-state index is 12.5. The van der Waals surface area contributed by atoms with E-state index in [0.29, 0.717) is 19.0 Å². The Hall–Kier alpha value is -1.79. The zero-order chi connectivity index (χ0) is 15.5. The first-order valence-corrected chi connectivity index (χ1v) is 6.88. The van der Waals surface area contributed by atoms with Gasteiger partial charge in [-0.2, -0.15) is 13.2 Å². The molecule has 0 bridgehead atoms. The van der Waals surface area contributed by atoms with Crippen LogP contribution in [0.2, 0.25) is 0 Å². The molecule has 1 fully saturated rings. The Morgan fingerprint density at radius 1 is 1.19 bits per heavy atom. The number of hydrogen-bond acceptors (Lipinski definition) is 3. The molecule has 0 amide bonds. The number of aliphatic carboxylic acids is 1. The highest BCUT2D eigenvalue weighted by molar-refractivity contribution is 5.82. The van der Waals surface area contributed by atoms with Gasteiger partial charge in [0.1, 0.15) is 11.4 Å². The first-order chi connectivity index (χ1) is 9.83. The van der Waals surface area contributed by atoms with E-state index in [9.17, 15) is 23.1 Å².